The molecule has 0 unspecified atom stereocenters. The molecular weight excluding hydrogens is 318 g/mol. The highest BCUT2D eigenvalue weighted by molar-refractivity contribution is 5.97. The maximum absolute atomic E-state index is 12.8. The van der Waals surface area contributed by atoms with E-state index in [1.54, 1.807) is 29.9 Å². The molecule has 0 aliphatic rings. The zero-order valence-corrected chi connectivity index (χ0v) is 13.2. The summed E-state index contributed by atoms with van der Waals surface area (Å²) in [6, 6.07) is 5.10. The van der Waals surface area contributed by atoms with Crippen LogP contribution in [0.5, 0.6) is 0 Å². The third-order valence-electron chi connectivity index (χ3n) is 3.74. The Labute approximate surface area is 136 Å². The van der Waals surface area contributed by atoms with Crippen molar-refractivity contribution in [1.29, 1.82) is 0 Å². The highest BCUT2D eigenvalue weighted by Gasteiger charge is 2.18. The van der Waals surface area contributed by atoms with Gasteiger partial charge in [0.25, 0.3) is 5.91 Å². The average molecular weight is 334 g/mol. The van der Waals surface area contributed by atoms with Crippen LogP contribution in [-0.4, -0.2) is 42.4 Å². The minimum Gasteiger partial charge on any atom is -0.334 e. The molecule has 0 saturated carbocycles. The Morgan fingerprint density at radius 2 is 2.17 bits per heavy atom. The van der Waals surface area contributed by atoms with Gasteiger partial charge in [0.1, 0.15) is 11.3 Å². The van der Waals surface area contributed by atoms with E-state index in [4.69, 9.17) is 0 Å². The van der Waals surface area contributed by atoms with Crippen molar-refractivity contribution in [3.05, 3.63) is 42.0 Å². The number of rotatable bonds is 5. The molecule has 0 radical (unpaired) electrons. The molecule has 0 bridgehead atoms. The third kappa shape index (κ3) is 2.84. The number of amides is 1. The van der Waals surface area contributed by atoms with Gasteiger partial charge in [0, 0.05) is 31.5 Å². The van der Waals surface area contributed by atoms with Crippen LogP contribution in [0.1, 0.15) is 29.7 Å². The van der Waals surface area contributed by atoms with E-state index in [-0.39, 0.29) is 18.3 Å². The van der Waals surface area contributed by atoms with Crippen LogP contribution in [0, 0.1) is 0 Å². The zero-order valence-electron chi connectivity index (χ0n) is 13.2. The third-order valence-corrected chi connectivity index (χ3v) is 3.74. The number of carbonyl (C=O) groups excluding carboxylic acids is 1. The van der Waals surface area contributed by atoms with E-state index in [0.29, 0.717) is 17.6 Å². The van der Waals surface area contributed by atoms with Crippen molar-refractivity contribution in [3.8, 4) is 0 Å². The molecule has 0 saturated heterocycles. The zero-order chi connectivity index (χ0) is 17.3. The topological polar surface area (TPSA) is 68.8 Å². The first kappa shape index (κ1) is 16.0. The van der Waals surface area contributed by atoms with E-state index in [2.05, 4.69) is 15.3 Å². The molecule has 3 rings (SSSR count). The van der Waals surface area contributed by atoms with E-state index in [1.807, 2.05) is 6.92 Å². The van der Waals surface area contributed by atoms with E-state index < -0.39 is 6.55 Å². The van der Waals surface area contributed by atoms with Crippen LogP contribution < -0.4 is 0 Å². The molecule has 9 heteroatoms. The maximum atomic E-state index is 12.8. The van der Waals surface area contributed by atoms with Crippen LogP contribution in [0.25, 0.3) is 11.0 Å². The standard InChI is InChI=1S/C15H16F2N6O/c1-3-23-12-5-4-10(8-11(12)19-20-23)14(24)21(2)9-13-18-6-7-22(13)15(16)17/h4-8,15H,3,9H2,1-2H3. The second kappa shape index (κ2) is 6.34. The molecule has 0 atom stereocenters. The molecule has 0 aliphatic carbocycles. The van der Waals surface area contributed by atoms with Gasteiger partial charge in [-0.2, -0.15) is 8.78 Å². The lowest BCUT2D eigenvalue weighted by Gasteiger charge is -2.17. The molecule has 2 heterocycles. The molecule has 0 fully saturated rings. The number of imidazole rings is 1. The van der Waals surface area contributed by atoms with Crippen LogP contribution in [0.2, 0.25) is 0 Å². The highest BCUT2D eigenvalue weighted by Crippen LogP contribution is 2.17. The number of halogens is 2. The summed E-state index contributed by atoms with van der Waals surface area (Å²) in [5, 5.41) is 8.03. The summed E-state index contributed by atoms with van der Waals surface area (Å²) in [7, 11) is 1.54. The lowest BCUT2D eigenvalue weighted by atomic mass is 10.1. The predicted octanol–water partition coefficient (Wildman–Crippen LogP) is 2.32. The Hall–Kier alpha value is -2.84. The molecule has 0 spiro atoms. The van der Waals surface area contributed by atoms with Gasteiger partial charge >= 0.3 is 6.55 Å². The smallest absolute Gasteiger partial charge is 0.319 e. The van der Waals surface area contributed by atoms with Crippen LogP contribution in [0.3, 0.4) is 0 Å². The Kier molecular flexibility index (Phi) is 4.24. The van der Waals surface area contributed by atoms with E-state index in [9.17, 15) is 13.6 Å². The number of nitrogens with zero attached hydrogens (tertiary/aromatic N) is 6. The molecule has 24 heavy (non-hydrogen) atoms. The predicted molar refractivity (Wildman–Crippen MR) is 82.5 cm³/mol. The fourth-order valence-corrected chi connectivity index (χ4v) is 2.49. The number of carbonyl (C=O) groups is 1. The van der Waals surface area contributed by atoms with E-state index in [0.717, 1.165) is 10.1 Å². The summed E-state index contributed by atoms with van der Waals surface area (Å²) in [6.07, 6.45) is 2.47. The number of benzene rings is 1. The maximum Gasteiger partial charge on any atom is 0.319 e. The summed E-state index contributed by atoms with van der Waals surface area (Å²) >= 11 is 0. The molecule has 7 nitrogen and oxygen atoms in total. The Morgan fingerprint density at radius 1 is 1.38 bits per heavy atom. The van der Waals surface area contributed by atoms with Gasteiger partial charge in [-0.15, -0.1) is 5.10 Å². The molecule has 2 aromatic heterocycles. The number of alkyl halides is 2. The molecule has 3 aromatic rings. The number of hydrogen-bond acceptors (Lipinski definition) is 4. The second-order valence-corrected chi connectivity index (χ2v) is 5.30. The summed E-state index contributed by atoms with van der Waals surface area (Å²) < 4.78 is 28.2. The van der Waals surface area contributed by atoms with Crippen molar-refractivity contribution in [2.75, 3.05) is 7.05 Å². The van der Waals surface area contributed by atoms with Gasteiger partial charge in [-0.05, 0) is 25.1 Å². The molecule has 126 valence electrons. The first-order valence-electron chi connectivity index (χ1n) is 7.39. The van der Waals surface area contributed by atoms with Gasteiger partial charge in [-0.1, -0.05) is 5.21 Å². The Balaban J connectivity index is 1.81. The lowest BCUT2D eigenvalue weighted by Crippen LogP contribution is -2.27. The van der Waals surface area contributed by atoms with Gasteiger partial charge in [0.05, 0.1) is 12.1 Å². The van der Waals surface area contributed by atoms with Gasteiger partial charge in [-0.3, -0.25) is 9.36 Å². The molecule has 1 aromatic carbocycles. The van der Waals surface area contributed by atoms with Gasteiger partial charge in [-0.25, -0.2) is 9.67 Å². The molecule has 1 amide bonds. The summed E-state index contributed by atoms with van der Waals surface area (Å²) in [4.78, 5) is 17.7. The summed E-state index contributed by atoms with van der Waals surface area (Å²) in [6.45, 7) is -0.0755. The van der Waals surface area contributed by atoms with Crippen molar-refractivity contribution >= 4 is 16.9 Å². The fourth-order valence-electron chi connectivity index (χ4n) is 2.49. The molecular formula is C15H16F2N6O. The van der Waals surface area contributed by atoms with Crippen LogP contribution in [0.15, 0.2) is 30.6 Å². The SMILES string of the molecule is CCn1nnc2cc(C(=O)N(C)Cc3nccn3C(F)F)ccc21. The largest absolute Gasteiger partial charge is 0.334 e. The van der Waals surface area contributed by atoms with Gasteiger partial charge in [0.2, 0.25) is 0 Å². The Bertz CT molecular complexity index is 872. The number of aromatic nitrogens is 5. The monoisotopic (exact) mass is 334 g/mol. The van der Waals surface area contributed by atoms with Crippen molar-refractivity contribution in [1.82, 2.24) is 29.4 Å². The Morgan fingerprint density at radius 3 is 2.88 bits per heavy atom. The van der Waals surface area contributed by atoms with Crippen LogP contribution in [0.4, 0.5) is 8.78 Å². The van der Waals surface area contributed by atoms with Crippen molar-refractivity contribution in [2.24, 2.45) is 0 Å². The van der Waals surface area contributed by atoms with Gasteiger partial charge in [0.15, 0.2) is 0 Å². The quantitative estimate of drug-likeness (QED) is 0.718. The van der Waals surface area contributed by atoms with Crippen molar-refractivity contribution < 1.29 is 13.6 Å². The first-order chi connectivity index (χ1) is 11.5. The molecule has 0 N–H and O–H groups in total. The van der Waals surface area contributed by atoms with Crippen LogP contribution in [-0.2, 0) is 13.1 Å². The van der Waals surface area contributed by atoms with Crippen LogP contribution >= 0.6 is 0 Å². The minimum atomic E-state index is -2.69. The lowest BCUT2D eigenvalue weighted by molar-refractivity contribution is 0.0612. The number of fused-ring (bicyclic) bond motifs is 1. The normalized spacial score (nSPS) is 11.4. The molecule has 0 aliphatic heterocycles. The summed E-state index contributed by atoms with van der Waals surface area (Å²) in [5.74, 6) is -0.175. The fraction of sp³-hybridized carbons (Fsp3) is 0.333. The van der Waals surface area contributed by atoms with Crippen molar-refractivity contribution in [2.45, 2.75) is 26.6 Å². The highest BCUT2D eigenvalue weighted by atomic mass is 19.3. The summed E-state index contributed by atoms with van der Waals surface area (Å²) in [5.41, 5.74) is 1.87. The average Bonchev–Trinajstić information content (AvgIpc) is 3.19. The van der Waals surface area contributed by atoms with E-state index in [1.165, 1.54) is 17.3 Å². The number of hydrogen-bond donors (Lipinski definition) is 0. The second-order valence-electron chi connectivity index (χ2n) is 5.30. The van der Waals surface area contributed by atoms with E-state index >= 15 is 0 Å². The first-order valence-corrected chi connectivity index (χ1v) is 7.39. The van der Waals surface area contributed by atoms with Gasteiger partial charge < -0.3 is 4.90 Å². The number of aryl methyl sites for hydroxylation is 1. The minimum absolute atomic E-state index is 0.0180. The van der Waals surface area contributed by atoms with Crippen molar-refractivity contribution in [3.63, 3.8) is 0 Å².